The van der Waals surface area contributed by atoms with Crippen LogP contribution in [0, 0.1) is 6.92 Å². The van der Waals surface area contributed by atoms with Crippen molar-refractivity contribution in [3.05, 3.63) is 47.3 Å². The number of pyridine rings is 1. The van der Waals surface area contributed by atoms with Gasteiger partial charge in [0.25, 0.3) is 6.43 Å². The lowest BCUT2D eigenvalue weighted by molar-refractivity contribution is 0.151. The van der Waals surface area contributed by atoms with E-state index in [1.54, 1.807) is 25.3 Å². The second-order valence-electron chi connectivity index (χ2n) is 7.48. The molecule has 5 nitrogen and oxygen atoms in total. The van der Waals surface area contributed by atoms with Crippen LogP contribution in [-0.2, 0) is 0 Å². The monoisotopic (exact) mass is 384 g/mol. The van der Waals surface area contributed by atoms with Gasteiger partial charge in [0.05, 0.1) is 17.0 Å². The van der Waals surface area contributed by atoms with Gasteiger partial charge in [0.1, 0.15) is 11.3 Å². The van der Waals surface area contributed by atoms with Crippen molar-refractivity contribution >= 4 is 11.2 Å². The molecule has 1 N–H and O–H groups in total. The van der Waals surface area contributed by atoms with Crippen LogP contribution in [0.3, 0.4) is 0 Å². The molecule has 3 heterocycles. The average Bonchev–Trinajstić information content (AvgIpc) is 2.66. The number of benzene rings is 1. The molecule has 1 aliphatic rings. The van der Waals surface area contributed by atoms with E-state index in [0.717, 1.165) is 31.6 Å². The highest BCUT2D eigenvalue weighted by atomic mass is 19.3. The number of hydrogen-bond donors (Lipinski definition) is 1. The van der Waals surface area contributed by atoms with E-state index in [4.69, 9.17) is 0 Å². The number of likely N-dealkylation sites (N-methyl/N-ethyl adjacent to an activating group) is 1. The number of hydrogen-bond acceptors (Lipinski definition) is 5. The van der Waals surface area contributed by atoms with Gasteiger partial charge in [0.2, 0.25) is 0 Å². The molecule has 0 aliphatic carbocycles. The van der Waals surface area contributed by atoms with Crippen LogP contribution in [0.15, 0.2) is 30.5 Å². The second kappa shape index (κ2) is 7.39. The van der Waals surface area contributed by atoms with E-state index in [9.17, 15) is 13.9 Å². The maximum absolute atomic E-state index is 13.6. The van der Waals surface area contributed by atoms with Gasteiger partial charge >= 0.3 is 0 Å². The van der Waals surface area contributed by atoms with Gasteiger partial charge in [-0.25, -0.2) is 18.7 Å². The minimum Gasteiger partial charge on any atom is -0.507 e. The first-order chi connectivity index (χ1) is 13.4. The standard InChI is InChI=1S/C21H22F2N4O/c1-12-8-14(20(22)23)19(18(28)9-12)15-5-6-16-21(25-15)26-17(10-24-16)13-4-3-7-27(2)11-13/h5-6,8-10,13,20,28H,3-4,7,11H2,1-2H3. The summed E-state index contributed by atoms with van der Waals surface area (Å²) in [6.45, 7) is 3.65. The molecule has 1 aliphatic heterocycles. The van der Waals surface area contributed by atoms with E-state index in [0.29, 0.717) is 16.7 Å². The summed E-state index contributed by atoms with van der Waals surface area (Å²) in [4.78, 5) is 15.9. The molecule has 0 amide bonds. The summed E-state index contributed by atoms with van der Waals surface area (Å²) in [7, 11) is 2.09. The Balaban J connectivity index is 1.80. The van der Waals surface area contributed by atoms with Crippen molar-refractivity contribution in [1.82, 2.24) is 19.9 Å². The lowest BCUT2D eigenvalue weighted by Crippen LogP contribution is -2.31. The molecular formula is C21H22F2N4O. The van der Waals surface area contributed by atoms with Gasteiger partial charge in [0, 0.05) is 24.2 Å². The minimum absolute atomic E-state index is 0.0482. The molecule has 1 unspecified atom stereocenters. The Morgan fingerprint density at radius 1 is 1.21 bits per heavy atom. The number of halogens is 2. The summed E-state index contributed by atoms with van der Waals surface area (Å²) < 4.78 is 27.1. The summed E-state index contributed by atoms with van der Waals surface area (Å²) >= 11 is 0. The Morgan fingerprint density at radius 3 is 2.79 bits per heavy atom. The number of piperidine rings is 1. The predicted molar refractivity (Wildman–Crippen MR) is 104 cm³/mol. The largest absolute Gasteiger partial charge is 0.507 e. The minimum atomic E-state index is -2.71. The first-order valence-corrected chi connectivity index (χ1v) is 9.36. The predicted octanol–water partition coefficient (Wildman–Crippen LogP) is 4.45. The topological polar surface area (TPSA) is 62.1 Å². The lowest BCUT2D eigenvalue weighted by atomic mass is 9.95. The SMILES string of the molecule is Cc1cc(O)c(-c2ccc3ncc(C4CCCN(C)C4)nc3n2)c(C(F)F)c1. The van der Waals surface area contributed by atoms with E-state index >= 15 is 0 Å². The molecule has 7 heteroatoms. The molecule has 28 heavy (non-hydrogen) atoms. The number of aryl methyl sites for hydroxylation is 1. The van der Waals surface area contributed by atoms with E-state index < -0.39 is 6.43 Å². The number of nitrogens with zero attached hydrogens (tertiary/aromatic N) is 4. The summed E-state index contributed by atoms with van der Waals surface area (Å²) in [6, 6.07) is 6.15. The summed E-state index contributed by atoms with van der Waals surface area (Å²) in [5.74, 6) is 0.0747. The molecule has 0 radical (unpaired) electrons. The molecule has 4 rings (SSSR count). The highest BCUT2D eigenvalue weighted by Gasteiger charge is 2.22. The van der Waals surface area contributed by atoms with Crippen molar-refractivity contribution in [3.63, 3.8) is 0 Å². The summed E-state index contributed by atoms with van der Waals surface area (Å²) in [6.07, 6.45) is 1.21. The van der Waals surface area contributed by atoms with E-state index in [1.165, 1.54) is 12.1 Å². The van der Waals surface area contributed by atoms with Crippen molar-refractivity contribution in [2.75, 3.05) is 20.1 Å². The molecule has 1 aromatic carbocycles. The maximum Gasteiger partial charge on any atom is 0.264 e. The highest BCUT2D eigenvalue weighted by Crippen LogP contribution is 2.38. The van der Waals surface area contributed by atoms with Gasteiger partial charge in [0.15, 0.2) is 5.65 Å². The third-order valence-corrected chi connectivity index (χ3v) is 5.25. The van der Waals surface area contributed by atoms with Crippen molar-refractivity contribution in [2.45, 2.75) is 32.1 Å². The Kier molecular flexibility index (Phi) is 4.93. The maximum atomic E-state index is 13.6. The number of aromatic hydroxyl groups is 1. The molecule has 0 bridgehead atoms. The van der Waals surface area contributed by atoms with Gasteiger partial charge in [-0.3, -0.25) is 4.98 Å². The normalized spacial score (nSPS) is 18.1. The van der Waals surface area contributed by atoms with Crippen LogP contribution >= 0.6 is 0 Å². The molecule has 146 valence electrons. The average molecular weight is 384 g/mol. The third kappa shape index (κ3) is 3.54. The molecule has 1 atom stereocenters. The van der Waals surface area contributed by atoms with Crippen molar-refractivity contribution in [2.24, 2.45) is 0 Å². The fourth-order valence-corrected chi connectivity index (χ4v) is 3.90. The molecule has 2 aromatic heterocycles. The van der Waals surface area contributed by atoms with Gasteiger partial charge < -0.3 is 10.0 Å². The summed E-state index contributed by atoms with van der Waals surface area (Å²) in [5.41, 5.74) is 2.53. The fraction of sp³-hybridized carbons (Fsp3) is 0.381. The zero-order chi connectivity index (χ0) is 19.8. The third-order valence-electron chi connectivity index (χ3n) is 5.25. The molecule has 3 aromatic rings. The van der Waals surface area contributed by atoms with Crippen LogP contribution in [0.1, 0.15) is 42.0 Å². The van der Waals surface area contributed by atoms with Crippen LogP contribution < -0.4 is 0 Å². The molecule has 0 saturated carbocycles. The first-order valence-electron chi connectivity index (χ1n) is 9.36. The van der Waals surface area contributed by atoms with Crippen molar-refractivity contribution in [1.29, 1.82) is 0 Å². The number of alkyl halides is 2. The number of phenols is 1. The van der Waals surface area contributed by atoms with Crippen LogP contribution in [0.25, 0.3) is 22.4 Å². The lowest BCUT2D eigenvalue weighted by Gasteiger charge is -2.29. The number of fused-ring (bicyclic) bond motifs is 1. The Hall–Kier alpha value is -2.67. The molecular weight excluding hydrogens is 362 g/mol. The number of aromatic nitrogens is 3. The Bertz CT molecular complexity index is 1020. The molecule has 1 fully saturated rings. The van der Waals surface area contributed by atoms with Crippen molar-refractivity contribution < 1.29 is 13.9 Å². The van der Waals surface area contributed by atoms with E-state index in [2.05, 4.69) is 26.9 Å². The van der Waals surface area contributed by atoms with Gasteiger partial charge in [-0.1, -0.05) is 0 Å². The van der Waals surface area contributed by atoms with Crippen LogP contribution in [-0.4, -0.2) is 45.1 Å². The zero-order valence-electron chi connectivity index (χ0n) is 15.9. The van der Waals surface area contributed by atoms with Gasteiger partial charge in [-0.2, -0.15) is 0 Å². The number of likely N-dealkylation sites (tertiary alicyclic amines) is 1. The Morgan fingerprint density at radius 2 is 2.04 bits per heavy atom. The zero-order valence-corrected chi connectivity index (χ0v) is 15.9. The second-order valence-corrected chi connectivity index (χ2v) is 7.48. The first kappa shape index (κ1) is 18.7. The highest BCUT2D eigenvalue weighted by molar-refractivity contribution is 5.78. The van der Waals surface area contributed by atoms with Gasteiger partial charge in [-0.15, -0.1) is 0 Å². The quantitative estimate of drug-likeness (QED) is 0.723. The van der Waals surface area contributed by atoms with Crippen LogP contribution in [0.2, 0.25) is 0 Å². The number of rotatable bonds is 3. The number of phenolic OH excluding ortho intramolecular Hbond substituents is 1. The smallest absolute Gasteiger partial charge is 0.264 e. The fourth-order valence-electron chi connectivity index (χ4n) is 3.90. The van der Waals surface area contributed by atoms with Gasteiger partial charge in [-0.05, 0) is 63.2 Å². The van der Waals surface area contributed by atoms with Crippen LogP contribution in [0.4, 0.5) is 8.78 Å². The van der Waals surface area contributed by atoms with E-state index in [-0.39, 0.29) is 28.5 Å². The molecule has 1 saturated heterocycles. The molecule has 0 spiro atoms. The summed E-state index contributed by atoms with van der Waals surface area (Å²) in [5, 5.41) is 10.3. The van der Waals surface area contributed by atoms with E-state index in [1.807, 2.05) is 0 Å². The van der Waals surface area contributed by atoms with Crippen molar-refractivity contribution in [3.8, 4) is 17.0 Å². The van der Waals surface area contributed by atoms with Crippen LogP contribution in [0.5, 0.6) is 5.75 Å². The Labute approximate surface area is 162 Å².